The Kier molecular flexibility index (Phi) is 10.8. The van der Waals surface area contributed by atoms with Gasteiger partial charge in [0.1, 0.15) is 5.78 Å². The highest BCUT2D eigenvalue weighted by Gasteiger charge is 2.15. The molecule has 7 heteroatoms. The zero-order valence-corrected chi connectivity index (χ0v) is 19.7. The Bertz CT molecular complexity index is 931. The van der Waals surface area contributed by atoms with Crippen molar-refractivity contribution in [1.29, 1.82) is 0 Å². The van der Waals surface area contributed by atoms with E-state index in [0.717, 1.165) is 16.7 Å². The van der Waals surface area contributed by atoms with Gasteiger partial charge < -0.3 is 10.2 Å². The summed E-state index contributed by atoms with van der Waals surface area (Å²) in [6.45, 7) is 9.05. The monoisotopic (exact) mass is 455 g/mol. The zero-order chi connectivity index (χ0) is 23.3. The van der Waals surface area contributed by atoms with Crippen molar-refractivity contribution in [2.75, 3.05) is 25.4 Å². The molecular formula is C25H33N3O3S. The number of carbonyl (C=O) groups is 2. The van der Waals surface area contributed by atoms with Gasteiger partial charge in [0.25, 0.3) is 0 Å². The average molecular weight is 456 g/mol. The van der Waals surface area contributed by atoms with E-state index in [2.05, 4.69) is 16.6 Å². The van der Waals surface area contributed by atoms with Crippen LogP contribution in [0.4, 0.5) is 0 Å². The van der Waals surface area contributed by atoms with Crippen LogP contribution in [0.1, 0.15) is 36.5 Å². The maximum atomic E-state index is 13.0. The van der Waals surface area contributed by atoms with E-state index < -0.39 is 11.0 Å². The predicted molar refractivity (Wildman–Crippen MR) is 131 cm³/mol. The van der Waals surface area contributed by atoms with Crippen molar-refractivity contribution in [2.45, 2.75) is 33.2 Å². The number of aryl methyl sites for hydroxylation is 1. The van der Waals surface area contributed by atoms with Crippen LogP contribution in [-0.2, 0) is 27.1 Å². The summed E-state index contributed by atoms with van der Waals surface area (Å²) in [5.74, 6) is 0.349. The van der Waals surface area contributed by atoms with Crippen molar-refractivity contribution in [3.63, 3.8) is 0 Å². The Labute approximate surface area is 193 Å². The van der Waals surface area contributed by atoms with Gasteiger partial charge in [0.05, 0.1) is 24.1 Å². The van der Waals surface area contributed by atoms with Crippen molar-refractivity contribution >= 4 is 28.4 Å². The quantitative estimate of drug-likeness (QED) is 0.459. The van der Waals surface area contributed by atoms with Crippen LogP contribution in [0.25, 0.3) is 5.70 Å². The summed E-state index contributed by atoms with van der Waals surface area (Å²) in [5.41, 5.74) is 3.82. The minimum absolute atomic E-state index is 0.0270. The maximum absolute atomic E-state index is 13.0. The number of amides is 1. The summed E-state index contributed by atoms with van der Waals surface area (Å²) in [4.78, 5) is 26.1. The maximum Gasteiger partial charge on any atom is 0.242 e. The van der Waals surface area contributed by atoms with E-state index in [1.54, 1.807) is 11.8 Å². The highest BCUT2D eigenvalue weighted by Crippen LogP contribution is 2.14. The Morgan fingerprint density at radius 3 is 2.41 bits per heavy atom. The van der Waals surface area contributed by atoms with Gasteiger partial charge in [0.15, 0.2) is 0 Å². The molecule has 32 heavy (non-hydrogen) atoms. The summed E-state index contributed by atoms with van der Waals surface area (Å²) in [6.07, 6.45) is 0.988. The molecule has 6 nitrogen and oxygen atoms in total. The number of rotatable bonds is 14. The molecule has 0 aliphatic carbocycles. The van der Waals surface area contributed by atoms with Gasteiger partial charge in [0, 0.05) is 31.0 Å². The molecule has 0 spiro atoms. The Morgan fingerprint density at radius 1 is 1.03 bits per heavy atom. The second kappa shape index (κ2) is 13.6. The summed E-state index contributed by atoms with van der Waals surface area (Å²) in [7, 11) is -1.30. The number of ketones is 1. The number of hydrogen-bond acceptors (Lipinski definition) is 4. The average Bonchev–Trinajstić information content (AvgIpc) is 2.81. The first kappa shape index (κ1) is 25.5. The van der Waals surface area contributed by atoms with E-state index in [9.17, 15) is 13.8 Å². The van der Waals surface area contributed by atoms with Crippen molar-refractivity contribution in [2.24, 2.45) is 0 Å². The summed E-state index contributed by atoms with van der Waals surface area (Å²) >= 11 is 0. The van der Waals surface area contributed by atoms with Crippen molar-refractivity contribution in [3.8, 4) is 0 Å². The third-order valence-corrected chi connectivity index (χ3v) is 6.20. The lowest BCUT2D eigenvalue weighted by Crippen LogP contribution is -2.38. The standard InChI is InChI=1S/C25H33N3O3S/c1-4-23(29)17-27-32(31)16-10-15-28(19-22-12-6-5-7-13-22)25(30)18-26-21(3)24-14-9-8-11-20(24)2/h5-9,11-14,26-27H,3-4,10,15-19H2,1-2H3. The van der Waals surface area contributed by atoms with Gasteiger partial charge in [-0.3, -0.25) is 9.59 Å². The second-order valence-corrected chi connectivity index (χ2v) is 8.95. The van der Waals surface area contributed by atoms with Gasteiger partial charge in [0.2, 0.25) is 5.91 Å². The van der Waals surface area contributed by atoms with E-state index in [4.69, 9.17) is 0 Å². The van der Waals surface area contributed by atoms with E-state index >= 15 is 0 Å². The summed E-state index contributed by atoms with van der Waals surface area (Å²) in [6, 6.07) is 17.7. The van der Waals surface area contributed by atoms with Gasteiger partial charge in [-0.15, -0.1) is 0 Å². The fourth-order valence-electron chi connectivity index (χ4n) is 3.14. The molecule has 2 N–H and O–H groups in total. The number of carbonyl (C=O) groups excluding carboxylic acids is 2. The third-order valence-electron chi connectivity index (χ3n) is 5.07. The van der Waals surface area contributed by atoms with Gasteiger partial charge in [-0.25, -0.2) is 8.93 Å². The topological polar surface area (TPSA) is 78.5 Å². The number of Topliss-reactive ketones (excluding diaryl/α,β-unsaturated/α-hetero) is 1. The molecular weight excluding hydrogens is 422 g/mol. The van der Waals surface area contributed by atoms with Crippen molar-refractivity contribution < 1.29 is 13.8 Å². The largest absolute Gasteiger partial charge is 0.376 e. The Hall–Kier alpha value is -2.77. The van der Waals surface area contributed by atoms with Gasteiger partial charge in [-0.05, 0) is 30.0 Å². The molecule has 0 saturated heterocycles. The molecule has 0 saturated carbocycles. The van der Waals surface area contributed by atoms with Crippen LogP contribution in [0.2, 0.25) is 0 Å². The first-order chi connectivity index (χ1) is 15.4. The Morgan fingerprint density at radius 2 is 1.72 bits per heavy atom. The lowest BCUT2D eigenvalue weighted by molar-refractivity contribution is -0.130. The van der Waals surface area contributed by atoms with E-state index in [0.29, 0.717) is 37.4 Å². The van der Waals surface area contributed by atoms with E-state index in [-0.39, 0.29) is 24.8 Å². The molecule has 172 valence electrons. The second-order valence-electron chi connectivity index (χ2n) is 7.56. The molecule has 0 fully saturated rings. The highest BCUT2D eigenvalue weighted by molar-refractivity contribution is 7.83. The normalized spacial score (nSPS) is 11.6. The molecule has 2 aromatic rings. The summed E-state index contributed by atoms with van der Waals surface area (Å²) in [5, 5.41) is 3.15. The number of hydrogen-bond donors (Lipinski definition) is 2. The number of nitrogens with one attached hydrogen (secondary N) is 2. The van der Waals surface area contributed by atoms with Crippen molar-refractivity contribution in [3.05, 3.63) is 77.9 Å². The minimum Gasteiger partial charge on any atom is -0.376 e. The molecule has 0 aliphatic rings. The molecule has 0 aliphatic heterocycles. The van der Waals surface area contributed by atoms with Crippen LogP contribution in [0.15, 0.2) is 61.2 Å². The first-order valence-electron chi connectivity index (χ1n) is 10.8. The molecule has 2 rings (SSSR count). The van der Waals surface area contributed by atoms with Crippen LogP contribution < -0.4 is 10.0 Å². The SMILES string of the molecule is C=C(NCC(=O)N(CCCS(=O)NCC(=O)CC)Cc1ccccc1)c1ccccc1C. The zero-order valence-electron chi connectivity index (χ0n) is 18.9. The Balaban J connectivity index is 1.92. The van der Waals surface area contributed by atoms with E-state index in [1.807, 2.05) is 61.5 Å². The number of nitrogens with zero attached hydrogens (tertiary/aromatic N) is 1. The molecule has 0 bridgehead atoms. The van der Waals surface area contributed by atoms with Gasteiger partial charge >= 0.3 is 0 Å². The van der Waals surface area contributed by atoms with Gasteiger partial charge in [-0.1, -0.05) is 68.1 Å². The molecule has 1 unspecified atom stereocenters. The fraction of sp³-hybridized carbons (Fsp3) is 0.360. The molecule has 1 atom stereocenters. The molecule has 0 heterocycles. The van der Waals surface area contributed by atoms with Crippen LogP contribution in [0, 0.1) is 6.92 Å². The fourth-order valence-corrected chi connectivity index (χ4v) is 4.00. The van der Waals surface area contributed by atoms with Crippen LogP contribution in [0.3, 0.4) is 0 Å². The first-order valence-corrected chi connectivity index (χ1v) is 12.2. The minimum atomic E-state index is -1.30. The van der Waals surface area contributed by atoms with Crippen LogP contribution >= 0.6 is 0 Å². The van der Waals surface area contributed by atoms with Crippen LogP contribution in [0.5, 0.6) is 0 Å². The van der Waals surface area contributed by atoms with E-state index in [1.165, 1.54) is 0 Å². The van der Waals surface area contributed by atoms with Crippen LogP contribution in [-0.4, -0.2) is 46.2 Å². The van der Waals surface area contributed by atoms with Crippen molar-refractivity contribution in [1.82, 2.24) is 14.9 Å². The molecule has 1 amide bonds. The molecule has 0 radical (unpaired) electrons. The predicted octanol–water partition coefficient (Wildman–Crippen LogP) is 3.21. The number of benzene rings is 2. The lowest BCUT2D eigenvalue weighted by Gasteiger charge is -2.24. The summed E-state index contributed by atoms with van der Waals surface area (Å²) < 4.78 is 14.8. The lowest BCUT2D eigenvalue weighted by atomic mass is 10.1. The smallest absolute Gasteiger partial charge is 0.242 e. The molecule has 2 aromatic carbocycles. The van der Waals surface area contributed by atoms with Gasteiger partial charge in [-0.2, -0.15) is 0 Å². The highest BCUT2D eigenvalue weighted by atomic mass is 32.2. The third kappa shape index (κ3) is 8.77. The molecule has 0 aromatic heterocycles.